The van der Waals surface area contributed by atoms with Crippen LogP contribution in [-0.4, -0.2) is 29.5 Å². The first-order chi connectivity index (χ1) is 16.3. The van der Waals surface area contributed by atoms with Crippen LogP contribution in [0.5, 0.6) is 17.2 Å². The van der Waals surface area contributed by atoms with Crippen molar-refractivity contribution in [1.82, 2.24) is 0 Å². The normalized spacial score (nSPS) is 18.3. The molecule has 0 saturated heterocycles. The van der Waals surface area contributed by atoms with Crippen LogP contribution < -0.4 is 14.2 Å². The lowest BCUT2D eigenvalue weighted by atomic mass is 9.98. The van der Waals surface area contributed by atoms with Gasteiger partial charge in [0.15, 0.2) is 5.78 Å². The highest BCUT2D eigenvalue weighted by atomic mass is 32.1. The Morgan fingerprint density at radius 2 is 1.63 bits per heavy atom. The van der Waals surface area contributed by atoms with Crippen LogP contribution in [0.1, 0.15) is 48.5 Å². The number of ketones is 1. The van der Waals surface area contributed by atoms with Gasteiger partial charge in [0.25, 0.3) is 0 Å². The molecule has 3 rings (SSSR count). The first-order valence-corrected chi connectivity index (χ1v) is 11.1. The topological polar surface area (TPSA) is 44.8 Å². The van der Waals surface area contributed by atoms with Gasteiger partial charge in [0, 0.05) is 6.42 Å². The summed E-state index contributed by atoms with van der Waals surface area (Å²) in [6, 6.07) is 9.04. The lowest BCUT2D eigenvalue weighted by molar-refractivity contribution is -0.275. The quantitative estimate of drug-likeness (QED) is 0.198. The maximum absolute atomic E-state index is 12.5. The number of halogens is 6. The summed E-state index contributed by atoms with van der Waals surface area (Å²) < 4.78 is 88.4. The van der Waals surface area contributed by atoms with Gasteiger partial charge in [-0.2, -0.15) is 0 Å². The number of alkyl halides is 6. The maximum Gasteiger partial charge on any atom is 0.573 e. The zero-order valence-corrected chi connectivity index (χ0v) is 19.4. The second-order valence-corrected chi connectivity index (χ2v) is 8.87. The van der Waals surface area contributed by atoms with Crippen LogP contribution in [-0.2, 0) is 6.42 Å². The van der Waals surface area contributed by atoms with Gasteiger partial charge in [-0.05, 0) is 79.3 Å². The summed E-state index contributed by atoms with van der Waals surface area (Å²) in [5.41, 5.74) is 0.599. The summed E-state index contributed by atoms with van der Waals surface area (Å²) in [6.45, 7) is 1.23. The van der Waals surface area contributed by atoms with Gasteiger partial charge in [-0.3, -0.25) is 4.79 Å². The van der Waals surface area contributed by atoms with E-state index < -0.39 is 24.3 Å². The summed E-state index contributed by atoms with van der Waals surface area (Å²) in [7, 11) is 0. The Kier molecular flexibility index (Phi) is 8.30. The molecule has 0 N–H and O–H groups in total. The zero-order chi connectivity index (χ0) is 25.8. The highest BCUT2D eigenvalue weighted by Gasteiger charge is 2.33. The van der Waals surface area contributed by atoms with E-state index >= 15 is 0 Å². The van der Waals surface area contributed by atoms with Crippen LogP contribution in [0.15, 0.2) is 42.5 Å². The SMILES string of the molecule is CC(=O)c1cc(OC(F)(F)F)ccc1OC1CCC(CC(=S)Cc2cccc(OC(F)(F)F)c2)C1. The van der Waals surface area contributed by atoms with E-state index in [2.05, 4.69) is 9.47 Å². The van der Waals surface area contributed by atoms with E-state index in [4.69, 9.17) is 17.0 Å². The van der Waals surface area contributed by atoms with Gasteiger partial charge in [-0.15, -0.1) is 26.3 Å². The first kappa shape index (κ1) is 26.8. The predicted octanol–water partition coefficient (Wildman–Crippen LogP) is 7.24. The summed E-state index contributed by atoms with van der Waals surface area (Å²) in [4.78, 5) is 12.6. The number of hydrogen-bond acceptors (Lipinski definition) is 5. The van der Waals surface area contributed by atoms with Crippen LogP contribution >= 0.6 is 12.2 Å². The van der Waals surface area contributed by atoms with Crippen molar-refractivity contribution < 1.29 is 45.3 Å². The molecular formula is C24H22F6O4S. The molecule has 0 aromatic heterocycles. The summed E-state index contributed by atoms with van der Waals surface area (Å²) in [6.07, 6.45) is -6.94. The molecule has 2 aromatic carbocycles. The minimum atomic E-state index is -4.87. The Bertz CT molecular complexity index is 1070. The van der Waals surface area contributed by atoms with Crippen LogP contribution in [0.2, 0.25) is 0 Å². The van der Waals surface area contributed by atoms with Gasteiger partial charge >= 0.3 is 12.7 Å². The number of thiocarbonyl (C=S) groups is 1. The molecule has 0 spiro atoms. The van der Waals surface area contributed by atoms with Gasteiger partial charge in [0.1, 0.15) is 17.2 Å². The molecule has 1 aliphatic carbocycles. The van der Waals surface area contributed by atoms with Gasteiger partial charge in [0.2, 0.25) is 0 Å². The van der Waals surface area contributed by atoms with Crippen molar-refractivity contribution in [3.63, 3.8) is 0 Å². The van der Waals surface area contributed by atoms with Crippen molar-refractivity contribution in [2.45, 2.75) is 57.9 Å². The monoisotopic (exact) mass is 520 g/mol. The predicted molar refractivity (Wildman–Crippen MR) is 119 cm³/mol. The molecule has 2 atom stereocenters. The fourth-order valence-electron chi connectivity index (χ4n) is 4.06. The second kappa shape index (κ2) is 10.8. The Balaban J connectivity index is 1.56. The molecule has 1 saturated carbocycles. The molecule has 11 heteroatoms. The minimum Gasteiger partial charge on any atom is -0.490 e. The van der Waals surface area contributed by atoms with E-state index in [1.807, 2.05) is 0 Å². The Morgan fingerprint density at radius 1 is 0.971 bits per heavy atom. The standard InChI is InChI=1S/C24H22F6O4S/c1-14(31)21-13-19(34-24(28,29)30)7-8-22(21)32-17-6-5-16(9-17)12-20(35)11-15-3-2-4-18(10-15)33-23(25,26)27/h2-4,7-8,10,13,16-17H,5-6,9,11-12H2,1H3. The Morgan fingerprint density at radius 3 is 2.26 bits per heavy atom. The van der Waals surface area contributed by atoms with E-state index in [9.17, 15) is 31.1 Å². The van der Waals surface area contributed by atoms with E-state index in [1.165, 1.54) is 31.2 Å². The van der Waals surface area contributed by atoms with Crippen LogP contribution in [0.25, 0.3) is 0 Å². The molecular weight excluding hydrogens is 498 g/mol. The second-order valence-electron chi connectivity index (χ2n) is 8.30. The summed E-state index contributed by atoms with van der Waals surface area (Å²) in [5.74, 6) is -0.910. The third kappa shape index (κ3) is 8.72. The summed E-state index contributed by atoms with van der Waals surface area (Å²) in [5, 5.41) is 0. The van der Waals surface area contributed by atoms with Gasteiger partial charge in [-0.1, -0.05) is 24.4 Å². The van der Waals surface area contributed by atoms with Crippen LogP contribution in [0, 0.1) is 5.92 Å². The number of Topliss-reactive ketones (excluding diaryl/α,β-unsaturated/α-hetero) is 1. The van der Waals surface area contributed by atoms with Crippen LogP contribution in [0.4, 0.5) is 26.3 Å². The molecule has 0 bridgehead atoms. The van der Waals surface area contributed by atoms with Crippen molar-refractivity contribution >= 4 is 22.9 Å². The minimum absolute atomic E-state index is 0.00771. The fourth-order valence-corrected chi connectivity index (χ4v) is 4.46. The molecule has 35 heavy (non-hydrogen) atoms. The van der Waals surface area contributed by atoms with Crippen molar-refractivity contribution in [3.8, 4) is 17.2 Å². The smallest absolute Gasteiger partial charge is 0.490 e. The average Bonchev–Trinajstić information content (AvgIpc) is 3.13. The number of rotatable bonds is 9. The third-order valence-electron chi connectivity index (χ3n) is 5.40. The number of ether oxygens (including phenoxy) is 3. The average molecular weight is 520 g/mol. The number of hydrogen-bond donors (Lipinski definition) is 0. The molecule has 2 aromatic rings. The van der Waals surface area contributed by atoms with Crippen molar-refractivity contribution in [2.75, 3.05) is 0 Å². The van der Waals surface area contributed by atoms with E-state index in [-0.39, 0.29) is 29.1 Å². The number of benzene rings is 2. The zero-order valence-electron chi connectivity index (χ0n) is 18.5. The third-order valence-corrected chi connectivity index (χ3v) is 5.71. The van der Waals surface area contributed by atoms with Gasteiger partial charge in [0.05, 0.1) is 11.7 Å². The van der Waals surface area contributed by atoms with E-state index in [0.717, 1.165) is 18.6 Å². The van der Waals surface area contributed by atoms with Crippen LogP contribution in [0.3, 0.4) is 0 Å². The lowest BCUT2D eigenvalue weighted by Crippen LogP contribution is -2.18. The molecule has 0 heterocycles. The van der Waals surface area contributed by atoms with E-state index in [0.29, 0.717) is 36.1 Å². The summed E-state index contributed by atoms with van der Waals surface area (Å²) >= 11 is 5.45. The molecule has 0 radical (unpaired) electrons. The van der Waals surface area contributed by atoms with Gasteiger partial charge in [-0.25, -0.2) is 0 Å². The largest absolute Gasteiger partial charge is 0.573 e. The molecule has 2 unspecified atom stereocenters. The van der Waals surface area contributed by atoms with Crippen molar-refractivity contribution in [3.05, 3.63) is 53.6 Å². The highest BCUT2D eigenvalue weighted by molar-refractivity contribution is 7.80. The molecule has 190 valence electrons. The molecule has 0 aliphatic heterocycles. The Hall–Kier alpha value is -2.82. The number of carbonyl (C=O) groups excluding carboxylic acids is 1. The fraction of sp³-hybridized carbons (Fsp3) is 0.417. The number of carbonyl (C=O) groups is 1. The molecule has 4 nitrogen and oxygen atoms in total. The molecule has 0 amide bonds. The van der Waals surface area contributed by atoms with E-state index in [1.54, 1.807) is 6.07 Å². The molecule has 1 aliphatic rings. The highest BCUT2D eigenvalue weighted by Crippen LogP contribution is 2.35. The lowest BCUT2D eigenvalue weighted by Gasteiger charge is -2.18. The van der Waals surface area contributed by atoms with Gasteiger partial charge < -0.3 is 14.2 Å². The van der Waals surface area contributed by atoms with Crippen molar-refractivity contribution in [2.24, 2.45) is 5.92 Å². The Labute approximate surface area is 203 Å². The molecule has 1 fully saturated rings. The van der Waals surface area contributed by atoms with Crippen molar-refractivity contribution in [1.29, 1.82) is 0 Å². The maximum atomic E-state index is 12.5. The first-order valence-electron chi connectivity index (χ1n) is 10.7.